The van der Waals surface area contributed by atoms with E-state index in [1.54, 1.807) is 18.3 Å². The van der Waals surface area contributed by atoms with Crippen molar-refractivity contribution in [1.82, 2.24) is 21.0 Å². The van der Waals surface area contributed by atoms with Crippen LogP contribution >= 0.6 is 15.9 Å². The van der Waals surface area contributed by atoms with Gasteiger partial charge < -0.3 is 16.1 Å². The number of hydrogen-bond acceptors (Lipinski definition) is 7. The van der Waals surface area contributed by atoms with Crippen LogP contribution in [0.1, 0.15) is 56.3 Å². The van der Waals surface area contributed by atoms with E-state index in [1.165, 1.54) is 12.1 Å². The first kappa shape index (κ1) is 24.9. The second-order valence-corrected chi connectivity index (χ2v) is 10.8. The van der Waals surface area contributed by atoms with E-state index < -0.39 is 6.02 Å². The number of rotatable bonds is 9. The van der Waals surface area contributed by atoms with Crippen molar-refractivity contribution in [2.75, 3.05) is 10.6 Å². The highest BCUT2D eigenvalue weighted by atomic mass is 79.9. The van der Waals surface area contributed by atoms with Crippen molar-refractivity contribution in [2.45, 2.75) is 44.3 Å². The number of nitriles is 1. The fraction of sp³-hybridized carbons (Fsp3) is 0.226. The third kappa shape index (κ3) is 5.33. The van der Waals surface area contributed by atoms with Crippen molar-refractivity contribution in [1.29, 1.82) is 5.26 Å². The lowest BCUT2D eigenvalue weighted by atomic mass is 10.0. The third-order valence-corrected chi connectivity index (χ3v) is 7.78. The standard InChI is InChI=1S/C31H29BrFN7/c1-2-27(19-6-4-3-5-7-19)37-29-21(16-34)17-35-31-25(29)14-23(15-26(31)32)36-30(20-8-10-22(33)11-9-20)28-18-40(39-38-28)24-12-13-24/h3-11,14-15,17-18,24,27,30,36,38-39H,2,12-13H2,1H3,(H,35,37)/t27-,30?/m1/s1/i30D. The molecule has 40 heavy (non-hydrogen) atoms. The normalized spacial score (nSPS) is 17.3. The minimum Gasteiger partial charge on any atom is -0.377 e. The molecule has 1 unspecified atom stereocenters. The molecule has 4 aromatic rings. The molecule has 9 heteroatoms. The average molecular weight is 600 g/mol. The van der Waals surface area contributed by atoms with Crippen LogP contribution in [0.25, 0.3) is 10.9 Å². The van der Waals surface area contributed by atoms with Crippen LogP contribution in [-0.2, 0) is 0 Å². The Labute approximate surface area is 242 Å². The maximum atomic E-state index is 13.9. The minimum absolute atomic E-state index is 0.0221. The number of fused-ring (bicyclic) bond motifs is 1. The van der Waals surface area contributed by atoms with Gasteiger partial charge in [-0.3, -0.25) is 9.99 Å². The molecular weight excluding hydrogens is 569 g/mol. The summed E-state index contributed by atoms with van der Waals surface area (Å²) in [4.78, 5) is 4.57. The predicted octanol–water partition coefficient (Wildman–Crippen LogP) is 7.05. The molecule has 202 valence electrons. The van der Waals surface area contributed by atoms with Gasteiger partial charge in [0, 0.05) is 34.0 Å². The number of hydrogen-bond donors (Lipinski definition) is 4. The van der Waals surface area contributed by atoms with Crippen LogP contribution in [0, 0.1) is 17.1 Å². The number of anilines is 2. The first-order valence-corrected chi connectivity index (χ1v) is 14.1. The molecule has 0 spiro atoms. The fourth-order valence-electron chi connectivity index (χ4n) is 4.91. The van der Waals surface area contributed by atoms with Gasteiger partial charge in [0.1, 0.15) is 11.9 Å². The summed E-state index contributed by atoms with van der Waals surface area (Å²) in [6, 6.07) is 21.0. The minimum atomic E-state index is -1.48. The van der Waals surface area contributed by atoms with Gasteiger partial charge in [0.2, 0.25) is 0 Å². The van der Waals surface area contributed by atoms with Crippen LogP contribution in [0.2, 0.25) is 0 Å². The first-order chi connectivity index (χ1) is 19.9. The molecule has 1 aliphatic heterocycles. The summed E-state index contributed by atoms with van der Waals surface area (Å²) < 4.78 is 24.2. The second-order valence-electron chi connectivity index (χ2n) is 9.95. The van der Waals surface area contributed by atoms with Crippen molar-refractivity contribution in [2.24, 2.45) is 0 Å². The van der Waals surface area contributed by atoms with Gasteiger partial charge in [-0.25, -0.2) is 4.39 Å². The molecule has 1 aliphatic carbocycles. The average Bonchev–Trinajstić information content (AvgIpc) is 3.72. The number of halogens is 2. The highest BCUT2D eigenvalue weighted by Crippen LogP contribution is 2.38. The van der Waals surface area contributed by atoms with Crippen molar-refractivity contribution in [3.05, 3.63) is 112 Å². The number of hydrazine groups is 2. The third-order valence-electron chi connectivity index (χ3n) is 7.17. The van der Waals surface area contributed by atoms with Crippen molar-refractivity contribution >= 4 is 38.2 Å². The molecule has 1 aromatic heterocycles. The molecule has 1 saturated carbocycles. The Balaban J connectivity index is 1.44. The summed E-state index contributed by atoms with van der Waals surface area (Å²) in [6.07, 6.45) is 6.44. The molecule has 0 bridgehead atoms. The molecule has 0 radical (unpaired) electrons. The van der Waals surface area contributed by atoms with Crippen molar-refractivity contribution in [3.63, 3.8) is 0 Å². The highest BCUT2D eigenvalue weighted by molar-refractivity contribution is 9.10. The summed E-state index contributed by atoms with van der Waals surface area (Å²) in [5.41, 5.74) is 11.0. The SMILES string of the molecule is [2H]C(Nc1cc(Br)c2ncc(C#N)c(N[C@H](CC)c3ccccc3)c2c1)(C1=CN(C2CC2)NN1)c1ccc(F)cc1. The first-order valence-electron chi connectivity index (χ1n) is 13.8. The van der Waals surface area contributed by atoms with E-state index in [2.05, 4.69) is 67.6 Å². The van der Waals surface area contributed by atoms with Crippen LogP contribution in [0.3, 0.4) is 0 Å². The number of nitrogens with one attached hydrogen (secondary N) is 4. The Hall–Kier alpha value is -4.13. The van der Waals surface area contributed by atoms with Crippen LogP contribution in [0.15, 0.2) is 89.3 Å². The molecule has 2 atom stereocenters. The summed E-state index contributed by atoms with van der Waals surface area (Å²) in [6.45, 7) is 2.10. The molecule has 6 rings (SSSR count). The molecule has 1 fully saturated rings. The maximum absolute atomic E-state index is 13.9. The Morgan fingerprint density at radius 2 is 1.93 bits per heavy atom. The van der Waals surface area contributed by atoms with Gasteiger partial charge in [0.25, 0.3) is 0 Å². The van der Waals surface area contributed by atoms with E-state index in [1.807, 2.05) is 41.5 Å². The molecule has 0 amide bonds. The Bertz CT molecular complexity index is 1650. The topological polar surface area (TPSA) is 88.0 Å². The summed E-state index contributed by atoms with van der Waals surface area (Å²) in [7, 11) is 0. The summed E-state index contributed by atoms with van der Waals surface area (Å²) in [5.74, 6) is -0.370. The number of pyridine rings is 1. The summed E-state index contributed by atoms with van der Waals surface area (Å²) in [5, 5.41) is 19.7. The van der Waals surface area contributed by atoms with Crippen LogP contribution in [0.5, 0.6) is 0 Å². The molecule has 0 saturated heterocycles. The van der Waals surface area contributed by atoms with E-state index >= 15 is 0 Å². The van der Waals surface area contributed by atoms with E-state index in [9.17, 15) is 11.0 Å². The zero-order valence-electron chi connectivity index (χ0n) is 22.9. The smallest absolute Gasteiger partial charge is 0.123 e. The quantitative estimate of drug-likeness (QED) is 0.164. The maximum Gasteiger partial charge on any atom is 0.123 e. The molecular formula is C31H29BrFN7. The molecule has 2 aliphatic rings. The van der Waals surface area contributed by atoms with Gasteiger partial charge in [0.05, 0.1) is 35.9 Å². The molecule has 3 aromatic carbocycles. The number of benzene rings is 3. The van der Waals surface area contributed by atoms with Gasteiger partial charge in [-0.15, -0.1) is 5.53 Å². The monoisotopic (exact) mass is 598 g/mol. The lowest BCUT2D eigenvalue weighted by molar-refractivity contribution is 0.260. The largest absolute Gasteiger partial charge is 0.377 e. The zero-order chi connectivity index (χ0) is 28.6. The van der Waals surface area contributed by atoms with Crippen molar-refractivity contribution < 1.29 is 5.76 Å². The van der Waals surface area contributed by atoms with E-state index in [0.717, 1.165) is 30.2 Å². The molecule has 7 nitrogen and oxygen atoms in total. The molecule has 4 N–H and O–H groups in total. The van der Waals surface area contributed by atoms with E-state index in [0.29, 0.717) is 44.2 Å². The Morgan fingerprint density at radius 3 is 2.62 bits per heavy atom. The molecule has 2 heterocycles. The predicted molar refractivity (Wildman–Crippen MR) is 159 cm³/mol. The highest BCUT2D eigenvalue weighted by Gasteiger charge is 2.32. The van der Waals surface area contributed by atoms with Gasteiger partial charge in [-0.2, -0.15) is 5.26 Å². The van der Waals surface area contributed by atoms with Gasteiger partial charge in [-0.05, 0) is 70.6 Å². The zero-order valence-corrected chi connectivity index (χ0v) is 23.5. The van der Waals surface area contributed by atoms with Gasteiger partial charge in [-0.1, -0.05) is 49.4 Å². The second kappa shape index (κ2) is 11.2. The summed E-state index contributed by atoms with van der Waals surface area (Å²) >= 11 is 3.68. The van der Waals surface area contributed by atoms with E-state index in [4.69, 9.17) is 0 Å². The lowest BCUT2D eigenvalue weighted by Gasteiger charge is -2.24. The Kier molecular flexibility index (Phi) is 6.94. The Morgan fingerprint density at radius 1 is 1.15 bits per heavy atom. The number of nitrogens with zero attached hydrogens (tertiary/aromatic N) is 3. The van der Waals surface area contributed by atoms with Crippen LogP contribution in [-0.4, -0.2) is 16.0 Å². The van der Waals surface area contributed by atoms with Gasteiger partial charge in [0.15, 0.2) is 0 Å². The number of aromatic nitrogens is 1. The van der Waals surface area contributed by atoms with Crippen LogP contribution < -0.4 is 21.6 Å². The van der Waals surface area contributed by atoms with Gasteiger partial charge >= 0.3 is 0 Å². The van der Waals surface area contributed by atoms with Crippen LogP contribution in [0.4, 0.5) is 15.8 Å². The lowest BCUT2D eigenvalue weighted by Crippen LogP contribution is -2.38. The van der Waals surface area contributed by atoms with Crippen molar-refractivity contribution in [3.8, 4) is 6.07 Å². The fourth-order valence-corrected chi connectivity index (χ4v) is 5.48. The van der Waals surface area contributed by atoms with E-state index in [-0.39, 0.29) is 11.9 Å².